The minimum Gasteiger partial charge on any atom is -0.512 e. The van der Waals surface area contributed by atoms with Gasteiger partial charge in [0.1, 0.15) is 25.2 Å². The van der Waals surface area contributed by atoms with Gasteiger partial charge >= 0.3 is 0 Å². The van der Waals surface area contributed by atoms with Crippen molar-refractivity contribution in [3.8, 4) is 5.75 Å². The maximum absolute atomic E-state index is 8.18. The van der Waals surface area contributed by atoms with E-state index in [1.165, 1.54) is 50.5 Å². The highest BCUT2D eigenvalue weighted by molar-refractivity contribution is 5.27. The predicted octanol–water partition coefficient (Wildman–Crippen LogP) is 4.93. The minimum atomic E-state index is 0.0743. The number of benzene rings is 1. The normalized spacial score (nSPS) is 11.2. The first kappa shape index (κ1) is 25.1. The molecular formula is C19H30O10. The minimum absolute atomic E-state index is 0.0743. The summed E-state index contributed by atoms with van der Waals surface area (Å²) in [4.78, 5) is 8.63. The van der Waals surface area contributed by atoms with Gasteiger partial charge in [-0.1, -0.05) is 57.6 Å². The molecule has 0 saturated carbocycles. The van der Waals surface area contributed by atoms with Crippen LogP contribution in [0.3, 0.4) is 0 Å². The van der Waals surface area contributed by atoms with E-state index in [0.717, 1.165) is 18.4 Å². The molecule has 0 fully saturated rings. The summed E-state index contributed by atoms with van der Waals surface area (Å²) in [5.41, 5.74) is 1.31. The molecule has 0 aliphatic carbocycles. The molecule has 1 aromatic carbocycles. The fourth-order valence-corrected chi connectivity index (χ4v) is 2.39. The van der Waals surface area contributed by atoms with Gasteiger partial charge in [0.05, 0.1) is 0 Å². The van der Waals surface area contributed by atoms with Crippen LogP contribution in [0.2, 0.25) is 0 Å². The second kappa shape index (κ2) is 19.4. The Kier molecular flexibility index (Phi) is 16.8. The molecule has 0 aromatic heterocycles. The third kappa shape index (κ3) is 15.7. The Morgan fingerprint density at radius 2 is 1.41 bits per heavy atom. The van der Waals surface area contributed by atoms with Crippen molar-refractivity contribution in [1.29, 1.82) is 0 Å². The van der Waals surface area contributed by atoms with Gasteiger partial charge in [-0.2, -0.15) is 0 Å². The third-order valence-corrected chi connectivity index (χ3v) is 3.77. The maximum Gasteiger partial charge on any atom is 0.167 e. The van der Waals surface area contributed by atoms with Crippen LogP contribution in [0, 0.1) is 0 Å². The maximum atomic E-state index is 8.18. The first-order chi connectivity index (χ1) is 14.4. The number of aliphatic hydroxyl groups excluding tert-OH is 1. The van der Waals surface area contributed by atoms with E-state index in [4.69, 9.17) is 9.84 Å². The molecule has 0 atom stereocenters. The van der Waals surface area contributed by atoms with E-state index < -0.39 is 0 Å². The molecule has 1 aromatic rings. The quantitative estimate of drug-likeness (QED) is 0.136. The fourth-order valence-electron chi connectivity index (χ4n) is 2.39. The van der Waals surface area contributed by atoms with E-state index in [9.17, 15) is 0 Å². The Morgan fingerprint density at radius 3 is 2.14 bits per heavy atom. The molecule has 0 radical (unpaired) electrons. The zero-order valence-electron chi connectivity index (χ0n) is 16.7. The van der Waals surface area contributed by atoms with E-state index in [-0.39, 0.29) is 13.2 Å². The first-order valence-corrected chi connectivity index (χ1v) is 9.66. The summed E-state index contributed by atoms with van der Waals surface area (Å²) in [6, 6.07) is 7.99. The Hall–Kier alpha value is -1.92. The molecule has 0 spiro atoms. The molecule has 0 aliphatic rings. The van der Waals surface area contributed by atoms with Crippen LogP contribution in [-0.4, -0.2) is 18.3 Å². The standard InChI is InChI=1S/C19H30O10/c1-2-3-4-5-6-7-8-9-18-10-12-19(13-11-18)21-16-17-23-25-27-29-28-26-24-22-15-14-20/h10-15,20H,2-9,16-17H2,1H3/b15-14+. The van der Waals surface area contributed by atoms with E-state index in [0.29, 0.717) is 6.26 Å². The average molecular weight is 418 g/mol. The van der Waals surface area contributed by atoms with Gasteiger partial charge in [0.25, 0.3) is 0 Å². The SMILES string of the molecule is CCCCCCCCCc1ccc(OCCOOOOOOOO/C=C/O)cc1. The lowest BCUT2D eigenvalue weighted by Gasteiger charge is -2.07. The van der Waals surface area contributed by atoms with Crippen LogP contribution in [-0.2, 0) is 46.4 Å². The van der Waals surface area contributed by atoms with Gasteiger partial charge in [0, 0.05) is 15.1 Å². The topological polar surface area (TPSA) is 103 Å². The third-order valence-electron chi connectivity index (χ3n) is 3.77. The molecule has 0 saturated heterocycles. The summed E-state index contributed by atoms with van der Waals surface area (Å²) in [6.07, 6.45) is 11.6. The molecule has 29 heavy (non-hydrogen) atoms. The van der Waals surface area contributed by atoms with Gasteiger partial charge < -0.3 is 14.7 Å². The van der Waals surface area contributed by atoms with Gasteiger partial charge in [-0.05, 0) is 45.7 Å². The first-order valence-electron chi connectivity index (χ1n) is 9.66. The Bertz CT molecular complexity index is 494. The van der Waals surface area contributed by atoms with E-state index in [2.05, 4.69) is 59.1 Å². The molecular weight excluding hydrogens is 388 g/mol. The van der Waals surface area contributed by atoms with Crippen LogP contribution in [0.4, 0.5) is 0 Å². The number of rotatable bonds is 20. The largest absolute Gasteiger partial charge is 0.512 e. The lowest BCUT2D eigenvalue weighted by molar-refractivity contribution is -0.811. The molecule has 0 bridgehead atoms. The van der Waals surface area contributed by atoms with E-state index in [1.54, 1.807) is 0 Å². The van der Waals surface area contributed by atoms with Crippen LogP contribution >= 0.6 is 0 Å². The zero-order valence-corrected chi connectivity index (χ0v) is 16.7. The second-order valence-electron chi connectivity index (χ2n) is 5.98. The van der Waals surface area contributed by atoms with Gasteiger partial charge in [-0.25, -0.2) is 4.89 Å². The van der Waals surface area contributed by atoms with Crippen LogP contribution in [0.25, 0.3) is 0 Å². The molecule has 0 aliphatic heterocycles. The Labute approximate surface area is 170 Å². The van der Waals surface area contributed by atoms with Crippen molar-refractivity contribution in [3.05, 3.63) is 42.4 Å². The highest BCUT2D eigenvalue weighted by Crippen LogP contribution is 2.15. The van der Waals surface area contributed by atoms with Crippen molar-refractivity contribution in [2.45, 2.75) is 58.3 Å². The van der Waals surface area contributed by atoms with Crippen LogP contribution in [0.5, 0.6) is 5.75 Å². The molecule has 0 amide bonds. The Morgan fingerprint density at radius 1 is 0.759 bits per heavy atom. The van der Waals surface area contributed by atoms with Gasteiger partial charge in [-0.15, -0.1) is 0 Å². The van der Waals surface area contributed by atoms with E-state index in [1.807, 2.05) is 12.1 Å². The summed E-state index contributed by atoms with van der Waals surface area (Å²) < 4.78 is 5.50. The van der Waals surface area contributed by atoms with Crippen LogP contribution in [0.1, 0.15) is 57.4 Å². The number of ether oxygens (including phenoxy) is 1. The highest BCUT2D eigenvalue weighted by Gasteiger charge is 1.99. The van der Waals surface area contributed by atoms with Crippen molar-refractivity contribution in [2.75, 3.05) is 13.2 Å². The molecule has 0 heterocycles. The van der Waals surface area contributed by atoms with E-state index >= 15 is 0 Å². The molecule has 1 N–H and O–H groups in total. The number of aryl methyl sites for hydroxylation is 1. The molecule has 1 rings (SSSR count). The monoisotopic (exact) mass is 418 g/mol. The van der Waals surface area contributed by atoms with Gasteiger partial charge in [0.2, 0.25) is 0 Å². The zero-order chi connectivity index (χ0) is 20.8. The molecule has 10 nitrogen and oxygen atoms in total. The summed E-state index contributed by atoms with van der Waals surface area (Å²) in [7, 11) is 0. The smallest absolute Gasteiger partial charge is 0.167 e. The fraction of sp³-hybridized carbons (Fsp3) is 0.579. The predicted molar refractivity (Wildman–Crippen MR) is 98.9 cm³/mol. The van der Waals surface area contributed by atoms with Crippen molar-refractivity contribution >= 4 is 0 Å². The number of unbranched alkanes of at least 4 members (excludes halogenated alkanes) is 6. The highest BCUT2D eigenvalue weighted by atomic mass is 17.9. The number of hydrogen-bond donors (Lipinski definition) is 1. The summed E-state index contributed by atoms with van der Waals surface area (Å²) in [5.74, 6) is 0.736. The lowest BCUT2D eigenvalue weighted by Crippen LogP contribution is -2.08. The van der Waals surface area contributed by atoms with Crippen LogP contribution < -0.4 is 4.74 Å². The van der Waals surface area contributed by atoms with Crippen molar-refractivity contribution < 1.29 is 49.8 Å². The summed E-state index contributed by atoms with van der Waals surface area (Å²) >= 11 is 0. The average Bonchev–Trinajstić information content (AvgIpc) is 2.75. The number of aliphatic hydroxyl groups is 1. The molecule has 10 heteroatoms. The van der Waals surface area contributed by atoms with Gasteiger partial charge in [0.15, 0.2) is 6.26 Å². The van der Waals surface area contributed by atoms with Crippen molar-refractivity contribution in [1.82, 2.24) is 0 Å². The second-order valence-corrected chi connectivity index (χ2v) is 5.98. The lowest BCUT2D eigenvalue weighted by atomic mass is 10.0. The number of hydrogen-bond acceptors (Lipinski definition) is 10. The van der Waals surface area contributed by atoms with Crippen molar-refractivity contribution in [2.24, 2.45) is 0 Å². The Balaban J connectivity index is 1.92. The molecule has 166 valence electrons. The summed E-state index contributed by atoms with van der Waals surface area (Å²) in [5, 5.41) is 31.6. The van der Waals surface area contributed by atoms with Crippen molar-refractivity contribution in [3.63, 3.8) is 0 Å². The molecule has 0 unspecified atom stereocenters. The van der Waals surface area contributed by atoms with Gasteiger partial charge in [-0.3, -0.25) is 0 Å². The van der Waals surface area contributed by atoms with Crippen LogP contribution in [0.15, 0.2) is 36.8 Å². The summed E-state index contributed by atoms with van der Waals surface area (Å²) in [6.45, 7) is 2.55.